The van der Waals surface area contributed by atoms with Gasteiger partial charge in [-0.15, -0.1) is 0 Å². The molecule has 2 heterocycles. The fourth-order valence-electron chi connectivity index (χ4n) is 3.37. The Labute approximate surface area is 149 Å². The quantitative estimate of drug-likeness (QED) is 0.592. The number of likely N-dealkylation sites (tertiary alicyclic amines) is 1. The van der Waals surface area contributed by atoms with Crippen LogP contribution in [0.4, 0.5) is 0 Å². The van der Waals surface area contributed by atoms with Crippen molar-refractivity contribution < 1.29 is 0 Å². The number of hydrogen-bond donors (Lipinski definition) is 0. The van der Waals surface area contributed by atoms with E-state index in [2.05, 4.69) is 58.1 Å². The highest BCUT2D eigenvalue weighted by molar-refractivity contribution is 7.98. The highest BCUT2D eigenvalue weighted by Gasteiger charge is 2.26. The van der Waals surface area contributed by atoms with Crippen LogP contribution in [-0.2, 0) is 13.1 Å². The number of hydrogen-bond acceptors (Lipinski definition) is 5. The molecule has 0 saturated carbocycles. The second-order valence-electron chi connectivity index (χ2n) is 6.69. The Bertz CT molecular complexity index is 639. The lowest BCUT2D eigenvalue weighted by atomic mass is 10.0. The van der Waals surface area contributed by atoms with Crippen molar-refractivity contribution in [2.24, 2.45) is 0 Å². The van der Waals surface area contributed by atoms with E-state index in [9.17, 15) is 0 Å². The van der Waals surface area contributed by atoms with Crippen LogP contribution in [0.1, 0.15) is 35.6 Å². The minimum Gasteiger partial charge on any atom is -0.305 e. The van der Waals surface area contributed by atoms with Crippen molar-refractivity contribution in [3.63, 3.8) is 0 Å². The van der Waals surface area contributed by atoms with E-state index in [0.717, 1.165) is 24.8 Å². The number of benzene rings is 1. The van der Waals surface area contributed by atoms with Crippen LogP contribution in [0.25, 0.3) is 0 Å². The summed E-state index contributed by atoms with van der Waals surface area (Å²) in [6.45, 7) is 3.07. The van der Waals surface area contributed by atoms with Gasteiger partial charge in [0, 0.05) is 37.1 Å². The van der Waals surface area contributed by atoms with Crippen molar-refractivity contribution in [1.29, 1.82) is 0 Å². The molecule has 1 saturated heterocycles. The summed E-state index contributed by atoms with van der Waals surface area (Å²) in [7, 11) is 4.22. The molecule has 128 valence electrons. The molecule has 1 atom stereocenters. The van der Waals surface area contributed by atoms with Gasteiger partial charge in [0.1, 0.15) is 0 Å². The Hall–Kier alpha value is -1.43. The highest BCUT2D eigenvalue weighted by atomic mass is 32.2. The molecular weight excluding hydrogens is 316 g/mol. The smallest absolute Gasteiger partial charge is 0.187 e. The first-order chi connectivity index (χ1) is 11.7. The Kier molecular flexibility index (Phi) is 5.87. The third-order valence-electron chi connectivity index (χ3n) is 4.48. The first kappa shape index (κ1) is 17.4. The Morgan fingerprint density at radius 2 is 1.83 bits per heavy atom. The molecule has 5 heteroatoms. The van der Waals surface area contributed by atoms with Gasteiger partial charge in [0.15, 0.2) is 5.16 Å². The van der Waals surface area contributed by atoms with E-state index in [1.165, 1.54) is 29.5 Å². The van der Waals surface area contributed by atoms with Crippen molar-refractivity contribution in [3.8, 4) is 0 Å². The molecule has 3 rings (SSSR count). The number of thioether (sulfide) groups is 1. The van der Waals surface area contributed by atoms with Crippen LogP contribution in [-0.4, -0.2) is 46.7 Å². The fourth-order valence-corrected chi connectivity index (χ4v) is 3.68. The molecule has 0 amide bonds. The fraction of sp³-hybridized carbons (Fsp3) is 0.474. The zero-order valence-electron chi connectivity index (χ0n) is 14.8. The SMILES string of the molecule is CSc1ncc(CN2CCCC2c2ccc(CN(C)C)cc2)cn1. The molecule has 1 aromatic carbocycles. The molecule has 1 aliphatic heterocycles. The normalized spacial score (nSPS) is 18.4. The van der Waals surface area contributed by atoms with Crippen LogP contribution in [0.15, 0.2) is 41.8 Å². The van der Waals surface area contributed by atoms with E-state index in [0.29, 0.717) is 6.04 Å². The average Bonchev–Trinajstić information content (AvgIpc) is 3.04. The summed E-state index contributed by atoms with van der Waals surface area (Å²) in [4.78, 5) is 13.6. The van der Waals surface area contributed by atoms with E-state index >= 15 is 0 Å². The van der Waals surface area contributed by atoms with Gasteiger partial charge in [0.2, 0.25) is 0 Å². The first-order valence-electron chi connectivity index (χ1n) is 8.48. The molecule has 0 N–H and O–H groups in total. The minimum atomic E-state index is 0.513. The molecule has 24 heavy (non-hydrogen) atoms. The predicted octanol–water partition coefficient (Wildman–Crippen LogP) is 3.60. The summed E-state index contributed by atoms with van der Waals surface area (Å²) < 4.78 is 0. The number of rotatable bonds is 6. The summed E-state index contributed by atoms with van der Waals surface area (Å²) in [6, 6.07) is 9.65. The van der Waals surface area contributed by atoms with Crippen LogP contribution in [0.5, 0.6) is 0 Å². The van der Waals surface area contributed by atoms with Crippen LogP contribution < -0.4 is 0 Å². The lowest BCUT2D eigenvalue weighted by molar-refractivity contribution is 0.247. The molecule has 0 bridgehead atoms. The van der Waals surface area contributed by atoms with E-state index in [1.54, 1.807) is 11.8 Å². The maximum absolute atomic E-state index is 4.40. The van der Waals surface area contributed by atoms with Gasteiger partial charge in [-0.05, 0) is 50.9 Å². The summed E-state index contributed by atoms with van der Waals surface area (Å²) in [5, 5.41) is 0.841. The lowest BCUT2D eigenvalue weighted by Crippen LogP contribution is -2.23. The van der Waals surface area contributed by atoms with Crippen molar-refractivity contribution in [3.05, 3.63) is 53.3 Å². The monoisotopic (exact) mass is 342 g/mol. The van der Waals surface area contributed by atoms with E-state index in [1.807, 2.05) is 18.6 Å². The topological polar surface area (TPSA) is 32.3 Å². The molecule has 0 spiro atoms. The highest BCUT2D eigenvalue weighted by Crippen LogP contribution is 2.33. The van der Waals surface area contributed by atoms with Crippen LogP contribution in [0.2, 0.25) is 0 Å². The number of aromatic nitrogens is 2. The van der Waals surface area contributed by atoms with Gasteiger partial charge in [0.25, 0.3) is 0 Å². The van der Waals surface area contributed by atoms with E-state index < -0.39 is 0 Å². The summed E-state index contributed by atoms with van der Waals surface area (Å²) in [6.07, 6.45) is 8.43. The lowest BCUT2D eigenvalue weighted by Gasteiger charge is -2.25. The molecule has 2 aromatic rings. The summed E-state index contributed by atoms with van der Waals surface area (Å²) >= 11 is 1.58. The zero-order chi connectivity index (χ0) is 16.9. The van der Waals surface area contributed by atoms with Gasteiger partial charge in [-0.25, -0.2) is 9.97 Å². The molecule has 0 radical (unpaired) electrons. The second-order valence-corrected chi connectivity index (χ2v) is 7.46. The summed E-state index contributed by atoms with van der Waals surface area (Å²) in [5.41, 5.74) is 4.00. The van der Waals surface area contributed by atoms with Crippen molar-refractivity contribution >= 4 is 11.8 Å². The van der Waals surface area contributed by atoms with Gasteiger partial charge in [-0.1, -0.05) is 36.0 Å². The van der Waals surface area contributed by atoms with Gasteiger partial charge in [-0.2, -0.15) is 0 Å². The number of nitrogens with zero attached hydrogens (tertiary/aromatic N) is 4. The molecule has 1 fully saturated rings. The average molecular weight is 343 g/mol. The van der Waals surface area contributed by atoms with Crippen LogP contribution in [0.3, 0.4) is 0 Å². The predicted molar refractivity (Wildman–Crippen MR) is 100 cm³/mol. The van der Waals surface area contributed by atoms with Crippen molar-refractivity contribution in [2.75, 3.05) is 26.9 Å². The van der Waals surface area contributed by atoms with Gasteiger partial charge in [-0.3, -0.25) is 4.90 Å². The maximum atomic E-state index is 4.40. The van der Waals surface area contributed by atoms with Gasteiger partial charge in [0.05, 0.1) is 0 Å². The van der Waals surface area contributed by atoms with Crippen LogP contribution in [0, 0.1) is 0 Å². The van der Waals surface area contributed by atoms with Crippen LogP contribution >= 0.6 is 11.8 Å². The maximum Gasteiger partial charge on any atom is 0.187 e. The minimum absolute atomic E-state index is 0.513. The van der Waals surface area contributed by atoms with Crippen molar-refractivity contribution in [2.45, 2.75) is 37.1 Å². The molecule has 0 aliphatic carbocycles. The summed E-state index contributed by atoms with van der Waals surface area (Å²) in [5.74, 6) is 0. The van der Waals surface area contributed by atoms with Gasteiger partial charge >= 0.3 is 0 Å². The third kappa shape index (κ3) is 4.35. The zero-order valence-corrected chi connectivity index (χ0v) is 15.6. The molecule has 4 nitrogen and oxygen atoms in total. The van der Waals surface area contributed by atoms with Gasteiger partial charge < -0.3 is 4.90 Å². The second kappa shape index (κ2) is 8.10. The first-order valence-corrected chi connectivity index (χ1v) is 9.70. The van der Waals surface area contributed by atoms with Crippen molar-refractivity contribution in [1.82, 2.24) is 19.8 Å². The van der Waals surface area contributed by atoms with E-state index in [-0.39, 0.29) is 0 Å². The molecule has 1 unspecified atom stereocenters. The molecular formula is C19H26N4S. The van der Waals surface area contributed by atoms with E-state index in [4.69, 9.17) is 0 Å². The Morgan fingerprint density at radius 3 is 2.46 bits per heavy atom. The largest absolute Gasteiger partial charge is 0.305 e. The Balaban J connectivity index is 1.68. The Morgan fingerprint density at radius 1 is 1.12 bits per heavy atom. The molecule has 1 aliphatic rings. The standard InChI is InChI=1S/C19H26N4S/c1-22(2)13-15-6-8-17(9-7-15)18-5-4-10-23(18)14-16-11-20-19(24-3)21-12-16/h6-9,11-12,18H,4-5,10,13-14H2,1-3H3. The molecule has 1 aromatic heterocycles. The third-order valence-corrected chi connectivity index (χ3v) is 5.05.